The Kier molecular flexibility index (Phi) is 4.01. The summed E-state index contributed by atoms with van der Waals surface area (Å²) < 4.78 is 2.16. The maximum Gasteiger partial charge on any atom is 0.220 e. The first-order chi connectivity index (χ1) is 10.2. The number of carbonyl (C=O) groups is 1. The highest BCUT2D eigenvalue weighted by Crippen LogP contribution is 2.14. The van der Waals surface area contributed by atoms with Crippen LogP contribution in [0.4, 0.5) is 0 Å². The Morgan fingerprint density at radius 1 is 1.38 bits per heavy atom. The van der Waals surface area contributed by atoms with Crippen LogP contribution in [0.15, 0.2) is 36.5 Å². The van der Waals surface area contributed by atoms with Crippen LogP contribution < -0.4 is 10.6 Å². The third-order valence-corrected chi connectivity index (χ3v) is 3.86. The molecule has 21 heavy (non-hydrogen) atoms. The summed E-state index contributed by atoms with van der Waals surface area (Å²) in [6.07, 6.45) is 3.41. The van der Waals surface area contributed by atoms with Gasteiger partial charge in [0.1, 0.15) is 5.82 Å². The molecule has 2 heterocycles. The zero-order valence-corrected chi connectivity index (χ0v) is 12.2. The molecule has 1 unspecified atom stereocenters. The zero-order chi connectivity index (χ0) is 14.7. The molecule has 1 fully saturated rings. The molecule has 5 heteroatoms. The van der Waals surface area contributed by atoms with Gasteiger partial charge < -0.3 is 10.6 Å². The summed E-state index contributed by atoms with van der Waals surface area (Å²) in [5.41, 5.74) is 2.26. The quantitative estimate of drug-likeness (QED) is 0.895. The van der Waals surface area contributed by atoms with E-state index in [0.29, 0.717) is 19.0 Å². The van der Waals surface area contributed by atoms with Crippen molar-refractivity contribution in [3.05, 3.63) is 48.0 Å². The minimum atomic E-state index is 0.151. The molecular formula is C16H20N4O. The van der Waals surface area contributed by atoms with E-state index in [2.05, 4.69) is 32.3 Å². The number of hydrogen-bond donors (Lipinski definition) is 2. The lowest BCUT2D eigenvalue weighted by atomic mass is 10.1. The fraction of sp³-hybridized carbons (Fsp3) is 0.375. The molecule has 1 amide bonds. The molecule has 0 spiro atoms. The Morgan fingerprint density at radius 2 is 2.19 bits per heavy atom. The lowest BCUT2D eigenvalue weighted by Crippen LogP contribution is -2.45. The predicted octanol–water partition coefficient (Wildman–Crippen LogP) is 1.55. The Morgan fingerprint density at radius 3 is 2.90 bits per heavy atom. The molecule has 2 N–H and O–H groups in total. The first-order valence-corrected chi connectivity index (χ1v) is 7.33. The number of nitrogens with one attached hydrogen (secondary N) is 2. The van der Waals surface area contributed by atoms with Crippen molar-refractivity contribution in [2.75, 3.05) is 6.54 Å². The van der Waals surface area contributed by atoms with E-state index >= 15 is 0 Å². The van der Waals surface area contributed by atoms with Crippen LogP contribution in [-0.4, -0.2) is 28.0 Å². The summed E-state index contributed by atoms with van der Waals surface area (Å²) in [6.45, 7) is 3.46. The van der Waals surface area contributed by atoms with Crippen molar-refractivity contribution in [1.82, 2.24) is 20.2 Å². The van der Waals surface area contributed by atoms with Crippen molar-refractivity contribution >= 4 is 5.91 Å². The third-order valence-electron chi connectivity index (χ3n) is 3.86. The maximum absolute atomic E-state index is 11.2. The van der Waals surface area contributed by atoms with Crippen molar-refractivity contribution in [2.24, 2.45) is 0 Å². The van der Waals surface area contributed by atoms with Gasteiger partial charge in [-0.3, -0.25) is 9.36 Å². The highest BCUT2D eigenvalue weighted by molar-refractivity contribution is 5.76. The highest BCUT2D eigenvalue weighted by Gasteiger charge is 2.18. The molecule has 110 valence electrons. The van der Waals surface area contributed by atoms with Crippen LogP contribution >= 0.6 is 0 Å². The zero-order valence-electron chi connectivity index (χ0n) is 12.2. The van der Waals surface area contributed by atoms with Gasteiger partial charge in [-0.25, -0.2) is 4.98 Å². The number of carbonyl (C=O) groups excluding carboxylic acids is 1. The largest absolute Gasteiger partial charge is 0.355 e. The number of aromatic nitrogens is 2. The fourth-order valence-corrected chi connectivity index (χ4v) is 2.70. The van der Waals surface area contributed by atoms with Crippen LogP contribution in [0.1, 0.15) is 24.4 Å². The second-order valence-electron chi connectivity index (χ2n) is 5.39. The van der Waals surface area contributed by atoms with Gasteiger partial charge in [0.15, 0.2) is 0 Å². The van der Waals surface area contributed by atoms with E-state index in [-0.39, 0.29) is 5.91 Å². The average molecular weight is 284 g/mol. The number of aryl methyl sites for hydroxylation is 1. The summed E-state index contributed by atoms with van der Waals surface area (Å²) >= 11 is 0. The minimum absolute atomic E-state index is 0.151. The molecule has 5 nitrogen and oxygen atoms in total. The van der Waals surface area contributed by atoms with Gasteiger partial charge in [-0.15, -0.1) is 0 Å². The number of para-hydroxylation sites is 1. The molecule has 1 aliphatic heterocycles. The molecule has 0 radical (unpaired) electrons. The lowest BCUT2D eigenvalue weighted by Gasteiger charge is -2.23. The van der Waals surface area contributed by atoms with Crippen LogP contribution in [0.25, 0.3) is 5.69 Å². The fourth-order valence-electron chi connectivity index (χ4n) is 2.70. The van der Waals surface area contributed by atoms with E-state index in [1.807, 2.05) is 31.3 Å². The van der Waals surface area contributed by atoms with Crippen LogP contribution in [0, 0.1) is 6.92 Å². The standard InChI is InChI=1S/C16H20N4O/c1-12-17-10-15(20(12)14-5-3-2-4-6-14)11-18-13-7-8-16(21)19-9-13/h2-6,10,13,18H,7-9,11H2,1H3,(H,19,21). The van der Waals surface area contributed by atoms with Gasteiger partial charge in [0.05, 0.1) is 11.9 Å². The van der Waals surface area contributed by atoms with Crippen LogP contribution in [0.2, 0.25) is 0 Å². The van der Waals surface area contributed by atoms with Crippen molar-refractivity contribution in [1.29, 1.82) is 0 Å². The first-order valence-electron chi connectivity index (χ1n) is 7.33. The summed E-state index contributed by atoms with van der Waals surface area (Å²) in [6, 6.07) is 10.6. The summed E-state index contributed by atoms with van der Waals surface area (Å²) in [4.78, 5) is 15.6. The molecule has 0 aliphatic carbocycles. The summed E-state index contributed by atoms with van der Waals surface area (Å²) in [5, 5.41) is 6.40. The van der Waals surface area contributed by atoms with Gasteiger partial charge >= 0.3 is 0 Å². The SMILES string of the molecule is Cc1ncc(CNC2CCC(=O)NC2)n1-c1ccccc1. The molecule has 0 bridgehead atoms. The second-order valence-corrected chi connectivity index (χ2v) is 5.39. The molecule has 1 aromatic heterocycles. The Bertz CT molecular complexity index is 610. The van der Waals surface area contributed by atoms with Crippen molar-refractivity contribution < 1.29 is 4.79 Å². The van der Waals surface area contributed by atoms with Crippen molar-refractivity contribution in [2.45, 2.75) is 32.4 Å². The van der Waals surface area contributed by atoms with Gasteiger partial charge in [-0.2, -0.15) is 0 Å². The van der Waals surface area contributed by atoms with E-state index in [1.165, 1.54) is 0 Å². The van der Waals surface area contributed by atoms with Gasteiger partial charge in [-0.1, -0.05) is 18.2 Å². The number of nitrogens with zero attached hydrogens (tertiary/aromatic N) is 2. The number of piperidine rings is 1. The molecule has 2 aromatic rings. The van der Waals surface area contributed by atoms with E-state index in [4.69, 9.17) is 0 Å². The van der Waals surface area contributed by atoms with Crippen LogP contribution in [-0.2, 0) is 11.3 Å². The Hall–Kier alpha value is -2.14. The molecular weight excluding hydrogens is 264 g/mol. The summed E-state index contributed by atoms with van der Waals surface area (Å²) in [7, 11) is 0. The number of rotatable bonds is 4. The van der Waals surface area contributed by atoms with Gasteiger partial charge in [-0.05, 0) is 25.5 Å². The van der Waals surface area contributed by atoms with Crippen molar-refractivity contribution in [3.8, 4) is 5.69 Å². The number of imidazole rings is 1. The number of hydrogen-bond acceptors (Lipinski definition) is 3. The lowest BCUT2D eigenvalue weighted by molar-refractivity contribution is -0.122. The maximum atomic E-state index is 11.2. The molecule has 1 aromatic carbocycles. The molecule has 0 saturated carbocycles. The monoisotopic (exact) mass is 284 g/mol. The molecule has 1 saturated heterocycles. The van der Waals surface area contributed by atoms with Gasteiger partial charge in [0.25, 0.3) is 0 Å². The molecule has 1 atom stereocenters. The van der Waals surface area contributed by atoms with Gasteiger partial charge in [0, 0.05) is 31.2 Å². The van der Waals surface area contributed by atoms with E-state index in [0.717, 1.165) is 30.2 Å². The molecule has 3 rings (SSSR count). The van der Waals surface area contributed by atoms with E-state index < -0.39 is 0 Å². The van der Waals surface area contributed by atoms with Crippen LogP contribution in [0.5, 0.6) is 0 Å². The second kappa shape index (κ2) is 6.10. The third kappa shape index (κ3) is 3.13. The predicted molar refractivity (Wildman–Crippen MR) is 81.2 cm³/mol. The Balaban J connectivity index is 1.70. The Labute approximate surface area is 124 Å². The van der Waals surface area contributed by atoms with E-state index in [9.17, 15) is 4.79 Å². The smallest absolute Gasteiger partial charge is 0.220 e. The van der Waals surface area contributed by atoms with Gasteiger partial charge in [0.2, 0.25) is 5.91 Å². The topological polar surface area (TPSA) is 59.0 Å². The van der Waals surface area contributed by atoms with E-state index in [1.54, 1.807) is 0 Å². The minimum Gasteiger partial charge on any atom is -0.355 e. The summed E-state index contributed by atoms with van der Waals surface area (Å²) in [5.74, 6) is 1.13. The average Bonchev–Trinajstić information content (AvgIpc) is 2.88. The van der Waals surface area contributed by atoms with Crippen LogP contribution in [0.3, 0.4) is 0 Å². The first kappa shape index (κ1) is 13.8. The molecule has 1 aliphatic rings. The highest BCUT2D eigenvalue weighted by atomic mass is 16.1. The number of benzene rings is 1. The van der Waals surface area contributed by atoms with Crippen molar-refractivity contribution in [3.63, 3.8) is 0 Å². The number of amides is 1. The normalized spacial score (nSPS) is 18.5.